The van der Waals surface area contributed by atoms with Crippen molar-refractivity contribution in [1.82, 2.24) is 0 Å². The molecule has 19 heavy (non-hydrogen) atoms. The van der Waals surface area contributed by atoms with Crippen LogP contribution in [0.5, 0.6) is 0 Å². The molecule has 4 nitrogen and oxygen atoms in total. The largest absolute Gasteiger partial charge is 0.461 e. The van der Waals surface area contributed by atoms with Gasteiger partial charge in [-0.2, -0.15) is 0 Å². The van der Waals surface area contributed by atoms with Gasteiger partial charge in [-0.05, 0) is 25.7 Å². The van der Waals surface area contributed by atoms with Gasteiger partial charge >= 0.3 is 11.9 Å². The molecule has 0 aliphatic carbocycles. The van der Waals surface area contributed by atoms with E-state index in [1.165, 1.54) is 0 Å². The molecule has 0 aromatic heterocycles. The van der Waals surface area contributed by atoms with Gasteiger partial charge in [-0.1, -0.05) is 27.4 Å². The highest BCUT2D eigenvalue weighted by atomic mass is 16.6. The summed E-state index contributed by atoms with van der Waals surface area (Å²) in [4.78, 5) is 23.2. The summed E-state index contributed by atoms with van der Waals surface area (Å²) in [7, 11) is 0. The maximum Gasteiger partial charge on any atom is 0.333 e. The second-order valence-electron chi connectivity index (χ2n) is 7.05. The fraction of sp³-hybridized carbons (Fsp3) is 0.733. The Kier molecular flexibility index (Phi) is 4.43. The van der Waals surface area contributed by atoms with Gasteiger partial charge in [-0.15, -0.1) is 0 Å². The van der Waals surface area contributed by atoms with E-state index >= 15 is 0 Å². The monoisotopic (exact) mass is 268 g/mol. The van der Waals surface area contributed by atoms with Crippen LogP contribution in [0.4, 0.5) is 0 Å². The Morgan fingerprint density at radius 1 is 1.37 bits per heavy atom. The van der Waals surface area contributed by atoms with E-state index in [0.717, 1.165) is 6.42 Å². The fourth-order valence-electron chi connectivity index (χ4n) is 2.49. The molecule has 1 atom stereocenters. The first kappa shape index (κ1) is 15.7. The van der Waals surface area contributed by atoms with Crippen molar-refractivity contribution in [2.24, 2.45) is 10.8 Å². The molecule has 0 aromatic carbocycles. The second-order valence-corrected chi connectivity index (χ2v) is 7.05. The Morgan fingerprint density at radius 2 is 1.95 bits per heavy atom. The molecule has 0 spiro atoms. The molecule has 0 N–H and O–H groups in total. The molecule has 0 bridgehead atoms. The van der Waals surface area contributed by atoms with E-state index < -0.39 is 11.4 Å². The minimum Gasteiger partial charge on any atom is -0.461 e. The van der Waals surface area contributed by atoms with Gasteiger partial charge in [0.2, 0.25) is 0 Å². The topological polar surface area (TPSA) is 52.6 Å². The van der Waals surface area contributed by atoms with Crippen molar-refractivity contribution >= 4 is 11.9 Å². The van der Waals surface area contributed by atoms with Crippen LogP contribution in [0, 0.1) is 10.8 Å². The van der Waals surface area contributed by atoms with Crippen LogP contribution in [-0.2, 0) is 19.1 Å². The minimum absolute atomic E-state index is 0.0522. The minimum atomic E-state index is -0.544. The first-order valence-corrected chi connectivity index (χ1v) is 6.57. The lowest BCUT2D eigenvalue weighted by Gasteiger charge is -2.30. The van der Waals surface area contributed by atoms with Crippen molar-refractivity contribution in [3.63, 3.8) is 0 Å². The zero-order valence-electron chi connectivity index (χ0n) is 12.5. The quantitative estimate of drug-likeness (QED) is 0.581. The normalized spacial score (nSPS) is 20.4. The molecule has 1 saturated heterocycles. The molecule has 1 heterocycles. The van der Waals surface area contributed by atoms with Crippen molar-refractivity contribution < 1.29 is 19.1 Å². The summed E-state index contributed by atoms with van der Waals surface area (Å²) >= 11 is 0. The predicted octanol–water partition coefficient (Wildman–Crippen LogP) is 2.86. The third-order valence-electron chi connectivity index (χ3n) is 2.96. The third kappa shape index (κ3) is 4.69. The van der Waals surface area contributed by atoms with Gasteiger partial charge in [-0.3, -0.25) is 4.79 Å². The van der Waals surface area contributed by atoms with Gasteiger partial charge in [0.05, 0.1) is 5.41 Å². The van der Waals surface area contributed by atoms with Crippen LogP contribution in [0.1, 0.15) is 47.5 Å². The number of hydrogen-bond acceptors (Lipinski definition) is 4. The van der Waals surface area contributed by atoms with Gasteiger partial charge < -0.3 is 9.47 Å². The molecule has 108 valence electrons. The van der Waals surface area contributed by atoms with Crippen molar-refractivity contribution in [2.45, 2.75) is 53.6 Å². The lowest BCUT2D eigenvalue weighted by molar-refractivity contribution is -0.161. The summed E-state index contributed by atoms with van der Waals surface area (Å²) in [6, 6.07) is 0. The Balaban J connectivity index is 2.47. The molecule has 1 rings (SSSR count). The predicted molar refractivity (Wildman–Crippen MR) is 72.4 cm³/mol. The van der Waals surface area contributed by atoms with Gasteiger partial charge in [0.1, 0.15) is 12.7 Å². The molecule has 0 amide bonds. The van der Waals surface area contributed by atoms with Gasteiger partial charge in [0.25, 0.3) is 0 Å². The number of hydrogen-bond donors (Lipinski definition) is 0. The zero-order valence-corrected chi connectivity index (χ0v) is 12.5. The van der Waals surface area contributed by atoms with Crippen LogP contribution < -0.4 is 0 Å². The van der Waals surface area contributed by atoms with Crippen molar-refractivity contribution in [1.29, 1.82) is 0 Å². The third-order valence-corrected chi connectivity index (χ3v) is 2.96. The smallest absolute Gasteiger partial charge is 0.333 e. The molecular weight excluding hydrogens is 244 g/mol. The van der Waals surface area contributed by atoms with Crippen LogP contribution in [-0.4, -0.2) is 24.6 Å². The van der Waals surface area contributed by atoms with Crippen LogP contribution in [0.3, 0.4) is 0 Å². The van der Waals surface area contributed by atoms with Gasteiger partial charge in [0, 0.05) is 12.0 Å². The number of ether oxygens (including phenoxy) is 2. The maximum absolute atomic E-state index is 12.1. The van der Waals surface area contributed by atoms with Crippen molar-refractivity contribution in [2.75, 3.05) is 6.61 Å². The summed E-state index contributed by atoms with van der Waals surface area (Å²) in [6.45, 7) is 13.7. The molecule has 0 saturated carbocycles. The van der Waals surface area contributed by atoms with Crippen molar-refractivity contribution in [3.05, 3.63) is 12.2 Å². The van der Waals surface area contributed by atoms with E-state index in [2.05, 4.69) is 27.4 Å². The molecule has 4 heteroatoms. The summed E-state index contributed by atoms with van der Waals surface area (Å²) in [5.41, 5.74) is -0.0517. The van der Waals surface area contributed by atoms with E-state index in [0.29, 0.717) is 12.0 Å². The molecule has 1 unspecified atom stereocenters. The van der Waals surface area contributed by atoms with E-state index in [-0.39, 0.29) is 24.1 Å². The molecule has 0 radical (unpaired) electrons. The average molecular weight is 268 g/mol. The average Bonchev–Trinajstić information content (AvgIpc) is 2.51. The summed E-state index contributed by atoms with van der Waals surface area (Å²) in [5.74, 6) is -0.647. The molecule has 1 aliphatic heterocycles. The molecule has 1 aliphatic rings. The molecule has 0 aromatic rings. The van der Waals surface area contributed by atoms with E-state index in [1.807, 2.05) is 13.8 Å². The van der Waals surface area contributed by atoms with Crippen molar-refractivity contribution in [3.8, 4) is 0 Å². The van der Waals surface area contributed by atoms with Crippen LogP contribution in [0.2, 0.25) is 0 Å². The fourth-order valence-corrected chi connectivity index (χ4v) is 2.49. The number of cyclic esters (lactones) is 1. The lowest BCUT2D eigenvalue weighted by Crippen LogP contribution is -2.33. The summed E-state index contributed by atoms with van der Waals surface area (Å²) in [5, 5.41) is 0. The van der Waals surface area contributed by atoms with E-state index in [9.17, 15) is 9.59 Å². The Morgan fingerprint density at radius 3 is 2.37 bits per heavy atom. The van der Waals surface area contributed by atoms with E-state index in [4.69, 9.17) is 9.47 Å². The lowest BCUT2D eigenvalue weighted by atomic mass is 9.76. The molecule has 1 fully saturated rings. The first-order chi connectivity index (χ1) is 8.51. The summed E-state index contributed by atoms with van der Waals surface area (Å²) in [6.07, 6.45) is 0.788. The Labute approximate surface area is 115 Å². The van der Waals surface area contributed by atoms with Crippen LogP contribution in [0.15, 0.2) is 12.2 Å². The standard InChI is InChI=1S/C15H24O4/c1-10-7-11(19-12(10)16)8-18-13(17)15(5,6)9-14(2,3)4/h11H,1,7-9H2,2-6H3. The zero-order chi connectivity index (χ0) is 14.8. The van der Waals surface area contributed by atoms with E-state index in [1.54, 1.807) is 0 Å². The molecular formula is C15H24O4. The SMILES string of the molecule is C=C1CC(COC(=O)C(C)(C)CC(C)(C)C)OC1=O. The Bertz CT molecular complexity index is 371. The number of carbonyl (C=O) groups is 2. The number of esters is 2. The summed E-state index contributed by atoms with van der Waals surface area (Å²) < 4.78 is 10.3. The highest BCUT2D eigenvalue weighted by molar-refractivity contribution is 5.90. The maximum atomic E-state index is 12.1. The van der Waals surface area contributed by atoms with Crippen LogP contribution in [0.25, 0.3) is 0 Å². The van der Waals surface area contributed by atoms with Gasteiger partial charge in [-0.25, -0.2) is 4.79 Å². The highest BCUT2D eigenvalue weighted by Gasteiger charge is 2.35. The highest BCUT2D eigenvalue weighted by Crippen LogP contribution is 2.34. The Hall–Kier alpha value is -1.32. The number of carbonyl (C=O) groups excluding carboxylic acids is 2. The number of rotatable bonds is 4. The second kappa shape index (κ2) is 5.35. The van der Waals surface area contributed by atoms with Gasteiger partial charge in [0.15, 0.2) is 0 Å². The first-order valence-electron chi connectivity index (χ1n) is 6.57. The van der Waals surface area contributed by atoms with Crippen LogP contribution >= 0.6 is 0 Å².